The second kappa shape index (κ2) is 30.6. The van der Waals surface area contributed by atoms with Crippen LogP contribution in [0.2, 0.25) is 0 Å². The maximum atomic E-state index is 14.3. The summed E-state index contributed by atoms with van der Waals surface area (Å²) in [6.07, 6.45) is 0. The molecule has 0 spiro atoms. The normalized spacial score (nSPS) is 10.7. The molecule has 6 amide bonds. The lowest BCUT2D eigenvalue weighted by Gasteiger charge is -2.32. The predicted octanol–water partition coefficient (Wildman–Crippen LogP) is 5.72. The van der Waals surface area contributed by atoms with E-state index in [4.69, 9.17) is 28.4 Å². The second-order valence-corrected chi connectivity index (χ2v) is 18.0. The Morgan fingerprint density at radius 2 is 0.582 bits per heavy atom. The van der Waals surface area contributed by atoms with Crippen molar-refractivity contribution < 1.29 is 57.2 Å². The molecule has 0 aromatic heterocycles. The minimum absolute atomic E-state index is 0.183. The van der Waals surface area contributed by atoms with Gasteiger partial charge in [0.2, 0.25) is 17.7 Å². The molecule has 0 radical (unpaired) electrons. The standard InChI is InChI=1S/C60H69N7O12/c1-74-49-25-22-46(34-52(49)77-4)58(71)61-37-55(68)65(40-43-16-10-7-11-17-43)31-28-64(29-32-66(41-44-18-12-8-13-19-44)56(69)38-62-59(72)47-23-26-50(75-2)53(35-47)78-5)30-33-67(42-45-20-14-9-15-21-45)57(70)39-63-60(73)48-24-27-51(76-3)54(36-48)79-6/h7-27,34-36H,28-33,37-42H2,1-6H3,(H,61,71)(H,62,72)(H,63,73). The van der Waals surface area contributed by atoms with Gasteiger partial charge in [-0.15, -0.1) is 0 Å². The van der Waals surface area contributed by atoms with Crippen LogP contribution in [0, 0.1) is 0 Å². The van der Waals surface area contributed by atoms with Gasteiger partial charge in [-0.1, -0.05) is 91.0 Å². The first-order valence-corrected chi connectivity index (χ1v) is 25.5. The minimum atomic E-state index is -0.484. The van der Waals surface area contributed by atoms with Crippen molar-refractivity contribution in [1.29, 1.82) is 0 Å². The lowest BCUT2D eigenvalue weighted by molar-refractivity contribution is -0.131. The van der Waals surface area contributed by atoms with Gasteiger partial charge >= 0.3 is 0 Å². The van der Waals surface area contributed by atoms with E-state index in [0.717, 1.165) is 16.7 Å². The summed E-state index contributed by atoms with van der Waals surface area (Å²) in [5.41, 5.74) is 3.40. The van der Waals surface area contributed by atoms with Gasteiger partial charge in [-0.3, -0.25) is 33.7 Å². The number of rotatable bonds is 30. The molecular formula is C60H69N7O12. The lowest BCUT2D eigenvalue weighted by Crippen LogP contribution is -2.48. The Hall–Kier alpha value is -9.10. The number of carbonyl (C=O) groups excluding carboxylic acids is 6. The molecule has 6 aromatic rings. The van der Waals surface area contributed by atoms with Gasteiger partial charge in [0.05, 0.1) is 62.3 Å². The molecule has 0 aliphatic carbocycles. The minimum Gasteiger partial charge on any atom is -0.493 e. The fourth-order valence-corrected chi connectivity index (χ4v) is 8.45. The topological polar surface area (TPSA) is 207 Å². The van der Waals surface area contributed by atoms with Crippen molar-refractivity contribution in [2.24, 2.45) is 0 Å². The molecule has 0 bridgehead atoms. The summed E-state index contributed by atoms with van der Waals surface area (Å²) in [6.45, 7) is 1.07. The second-order valence-electron chi connectivity index (χ2n) is 18.0. The average Bonchev–Trinajstić information content (AvgIpc) is 3.49. The van der Waals surface area contributed by atoms with Crippen LogP contribution in [0.1, 0.15) is 47.8 Å². The highest BCUT2D eigenvalue weighted by atomic mass is 16.5. The van der Waals surface area contributed by atoms with E-state index in [9.17, 15) is 28.8 Å². The van der Waals surface area contributed by atoms with E-state index < -0.39 is 17.7 Å². The first-order chi connectivity index (χ1) is 38.4. The Morgan fingerprint density at radius 1 is 0.329 bits per heavy atom. The van der Waals surface area contributed by atoms with Gasteiger partial charge in [-0.05, 0) is 71.3 Å². The molecule has 19 heteroatoms. The summed E-state index contributed by atoms with van der Waals surface area (Å²) in [6, 6.07) is 42.6. The van der Waals surface area contributed by atoms with Crippen LogP contribution in [0.4, 0.5) is 0 Å². The van der Waals surface area contributed by atoms with Gasteiger partial charge in [0, 0.05) is 75.6 Å². The summed E-state index contributed by atoms with van der Waals surface area (Å²) >= 11 is 0. The van der Waals surface area contributed by atoms with Crippen LogP contribution in [0.25, 0.3) is 0 Å². The summed E-state index contributed by atoms with van der Waals surface area (Å²) in [7, 11) is 8.90. The maximum absolute atomic E-state index is 14.3. The molecule has 0 saturated carbocycles. The van der Waals surface area contributed by atoms with Crippen molar-refractivity contribution in [1.82, 2.24) is 35.6 Å². The van der Waals surface area contributed by atoms with E-state index in [1.165, 1.54) is 60.9 Å². The van der Waals surface area contributed by atoms with Gasteiger partial charge in [-0.2, -0.15) is 0 Å². The molecule has 0 fully saturated rings. The van der Waals surface area contributed by atoms with Crippen LogP contribution in [-0.2, 0) is 34.0 Å². The number of nitrogens with one attached hydrogen (secondary N) is 3. The zero-order chi connectivity index (χ0) is 56.5. The van der Waals surface area contributed by atoms with Crippen LogP contribution in [0.5, 0.6) is 34.5 Å². The number of hydrogen-bond acceptors (Lipinski definition) is 13. The molecule has 6 aromatic carbocycles. The Labute approximate surface area is 461 Å². The highest BCUT2D eigenvalue weighted by Crippen LogP contribution is 2.29. The molecule has 0 aliphatic rings. The monoisotopic (exact) mass is 1080 g/mol. The Kier molecular flexibility index (Phi) is 22.9. The molecule has 0 heterocycles. The van der Waals surface area contributed by atoms with E-state index in [0.29, 0.717) is 34.5 Å². The SMILES string of the molecule is COc1ccc(C(=O)NCC(=O)N(CCN(CCN(Cc2ccccc2)C(=O)CNC(=O)c2ccc(OC)c(OC)c2)CCN(Cc2ccccc2)C(=O)CNC(=O)c2ccc(OC)c(OC)c2)Cc2ccccc2)cc1OC. The zero-order valence-electron chi connectivity index (χ0n) is 45.5. The highest BCUT2D eigenvalue weighted by molar-refractivity contribution is 5.98. The third-order valence-electron chi connectivity index (χ3n) is 12.9. The molecule has 0 atom stereocenters. The fourth-order valence-electron chi connectivity index (χ4n) is 8.45. The molecule has 0 saturated heterocycles. The van der Waals surface area contributed by atoms with Crippen molar-refractivity contribution >= 4 is 35.4 Å². The third-order valence-corrected chi connectivity index (χ3v) is 12.9. The van der Waals surface area contributed by atoms with Crippen molar-refractivity contribution in [3.8, 4) is 34.5 Å². The molecule has 19 nitrogen and oxygen atoms in total. The lowest BCUT2D eigenvalue weighted by atomic mass is 10.2. The van der Waals surface area contributed by atoms with Crippen LogP contribution in [0.15, 0.2) is 146 Å². The highest BCUT2D eigenvalue weighted by Gasteiger charge is 2.24. The number of hydrogen-bond donors (Lipinski definition) is 3. The van der Waals surface area contributed by atoms with Crippen molar-refractivity contribution in [2.45, 2.75) is 19.6 Å². The summed E-state index contributed by atoms with van der Waals surface area (Å²) < 4.78 is 32.2. The van der Waals surface area contributed by atoms with Gasteiger partial charge in [0.1, 0.15) is 0 Å². The molecular weight excluding hydrogens is 1010 g/mol. The smallest absolute Gasteiger partial charge is 0.251 e. The molecule has 3 N–H and O–H groups in total. The number of benzene rings is 6. The van der Waals surface area contributed by atoms with E-state index >= 15 is 0 Å². The largest absolute Gasteiger partial charge is 0.493 e. The number of amides is 6. The molecule has 0 aliphatic heterocycles. The summed E-state index contributed by atoms with van der Waals surface area (Å²) in [4.78, 5) is 90.2. The zero-order valence-corrected chi connectivity index (χ0v) is 45.5. The number of methoxy groups -OCH3 is 6. The van der Waals surface area contributed by atoms with Gasteiger partial charge in [0.15, 0.2) is 34.5 Å². The van der Waals surface area contributed by atoms with Gasteiger partial charge < -0.3 is 59.1 Å². The van der Waals surface area contributed by atoms with Gasteiger partial charge in [0.25, 0.3) is 17.7 Å². The molecule has 416 valence electrons. The predicted molar refractivity (Wildman–Crippen MR) is 298 cm³/mol. The fraction of sp³-hybridized carbons (Fsp3) is 0.300. The Morgan fingerprint density at radius 3 is 0.823 bits per heavy atom. The third kappa shape index (κ3) is 17.7. The number of nitrogens with zero attached hydrogens (tertiary/aromatic N) is 4. The van der Waals surface area contributed by atoms with E-state index in [2.05, 4.69) is 20.9 Å². The van der Waals surface area contributed by atoms with Gasteiger partial charge in [-0.25, -0.2) is 0 Å². The first kappa shape index (κ1) is 59.1. The quantitative estimate of drug-likeness (QED) is 0.0495. The van der Waals surface area contributed by atoms with Crippen molar-refractivity contribution in [2.75, 3.05) is 102 Å². The number of ether oxygens (including phenoxy) is 6. The van der Waals surface area contributed by atoms with Crippen molar-refractivity contribution in [3.05, 3.63) is 179 Å². The molecule has 79 heavy (non-hydrogen) atoms. The van der Waals surface area contributed by atoms with E-state index in [-0.39, 0.29) is 113 Å². The summed E-state index contributed by atoms with van der Waals surface area (Å²) in [5.74, 6) is -0.0827. The van der Waals surface area contributed by atoms with Crippen LogP contribution in [0.3, 0.4) is 0 Å². The summed E-state index contributed by atoms with van der Waals surface area (Å²) in [5, 5.41) is 8.29. The maximum Gasteiger partial charge on any atom is 0.251 e. The van der Waals surface area contributed by atoms with Crippen molar-refractivity contribution in [3.63, 3.8) is 0 Å². The van der Waals surface area contributed by atoms with Crippen LogP contribution in [-0.4, -0.2) is 157 Å². The molecule has 6 rings (SSSR count). The first-order valence-electron chi connectivity index (χ1n) is 25.5. The van der Waals surface area contributed by atoms with Crippen LogP contribution >= 0.6 is 0 Å². The Bertz CT molecular complexity index is 2650. The van der Waals surface area contributed by atoms with E-state index in [1.807, 2.05) is 91.0 Å². The molecule has 0 unspecified atom stereocenters. The number of carbonyl (C=O) groups is 6. The van der Waals surface area contributed by atoms with E-state index in [1.54, 1.807) is 51.1 Å². The average molecular weight is 1080 g/mol. The van der Waals surface area contributed by atoms with Crippen LogP contribution < -0.4 is 44.4 Å². The Balaban J connectivity index is 1.25.